The quantitative estimate of drug-likeness (QED) is 0.0995. The van der Waals surface area contributed by atoms with Crippen LogP contribution in [0.4, 0.5) is 11.4 Å². The number of hydrogen-bond donors (Lipinski definition) is 2. The molecule has 9 aromatic rings. The summed E-state index contributed by atoms with van der Waals surface area (Å²) in [5.74, 6) is 2.10. The second kappa shape index (κ2) is 43.9. The average Bonchev–Trinajstić information content (AvgIpc) is 4.09. The summed E-state index contributed by atoms with van der Waals surface area (Å²) in [6.45, 7) is 32.0. The number of nitrogens with zero attached hydrogens (tertiary/aromatic N) is 8. The number of amides is 2. The van der Waals surface area contributed by atoms with E-state index in [2.05, 4.69) is 47.1 Å². The van der Waals surface area contributed by atoms with Crippen molar-refractivity contribution in [3.63, 3.8) is 0 Å². The number of hydrogen-bond acceptors (Lipinski definition) is 10. The van der Waals surface area contributed by atoms with Gasteiger partial charge >= 0.3 is 0 Å². The monoisotopic (exact) mass is 1230 g/mol. The van der Waals surface area contributed by atoms with Crippen molar-refractivity contribution >= 4 is 50.6 Å². The van der Waals surface area contributed by atoms with E-state index in [1.54, 1.807) is 77.4 Å². The van der Waals surface area contributed by atoms with Gasteiger partial charge in [0.25, 0.3) is 0 Å². The van der Waals surface area contributed by atoms with Gasteiger partial charge in [-0.3, -0.25) is 24.2 Å². The molecule has 5 heterocycles. The van der Waals surface area contributed by atoms with Crippen molar-refractivity contribution in [2.75, 3.05) is 17.7 Å². The number of benzene rings is 4. The molecule has 79 heavy (non-hydrogen) atoms. The Hall–Kier alpha value is -5.92. The number of para-hydroxylation sites is 1. The predicted molar refractivity (Wildman–Crippen MR) is 325 cm³/mol. The fraction of sp³-hybridized carbons (Fsp3) is 0.349. The first-order valence-electron chi connectivity index (χ1n) is 27.1. The standard InChI is InChI=1S/C27H23N3O4.C19H14N7.8C2H6.CH4.2Y/c1-33-21-11-12-22-23(17-21)28-16-13-24(22)34-20-9-7-19(8-10-20)30-26(32)27(14-15-27)25(31)29-18-5-3-2-4-6-18;1-25-12-15(11-21-25)17-6-7-18-22-23-19(26(18)24-17)10-13-4-5-16-14(9-13)3-2-8-20-16;8*1-2;;;/h2-13,16-17H,14-15H2,1H3,(H,29,31)(H,30,32);2-12H,1H3;8*1-2H3;1H4;;/q;-1;;;;;;;;;;;. The molecular weight excluding hydrogens is 1140 g/mol. The number of ether oxygens (including phenoxy) is 2. The van der Waals surface area contributed by atoms with Crippen molar-refractivity contribution in [1.82, 2.24) is 39.6 Å². The van der Waals surface area contributed by atoms with Crippen LogP contribution >= 0.6 is 0 Å². The smallest absolute Gasteiger partial charge is 0.240 e. The normalized spacial score (nSPS) is 10.2. The van der Waals surface area contributed by atoms with Gasteiger partial charge in [-0.25, -0.2) is 4.52 Å². The molecule has 1 saturated carbocycles. The Bertz CT molecular complexity index is 3020. The van der Waals surface area contributed by atoms with Gasteiger partial charge in [0, 0.05) is 125 Å². The molecule has 0 unspecified atom stereocenters. The van der Waals surface area contributed by atoms with Gasteiger partial charge in [-0.15, -0.1) is 16.6 Å². The molecule has 5 aromatic heterocycles. The van der Waals surface area contributed by atoms with Gasteiger partial charge in [-0.1, -0.05) is 154 Å². The van der Waals surface area contributed by atoms with Gasteiger partial charge in [0.05, 0.1) is 24.5 Å². The van der Waals surface area contributed by atoms with Gasteiger partial charge in [0.1, 0.15) is 28.5 Å². The fourth-order valence-electron chi connectivity index (χ4n) is 6.69. The second-order valence-corrected chi connectivity index (χ2v) is 14.2. The Morgan fingerprint density at radius 2 is 1.19 bits per heavy atom. The molecule has 10 rings (SSSR count). The van der Waals surface area contributed by atoms with Crippen LogP contribution in [0, 0.1) is 11.8 Å². The minimum absolute atomic E-state index is 0. The van der Waals surface area contributed by atoms with Gasteiger partial charge in [0.15, 0.2) is 5.65 Å². The number of fused-ring (bicyclic) bond motifs is 3. The van der Waals surface area contributed by atoms with Crippen LogP contribution in [0.1, 0.15) is 142 Å². The molecule has 2 radical (unpaired) electrons. The zero-order chi connectivity index (χ0) is 57.1. The number of nitrogens with one attached hydrogen (secondary N) is 2. The Morgan fingerprint density at radius 1 is 0.608 bits per heavy atom. The first kappa shape index (κ1) is 77.3. The number of carbonyl (C=O) groups excluding carboxylic acids is 2. The first-order chi connectivity index (χ1) is 37.3. The number of carbonyl (C=O) groups is 2. The number of aryl methyl sites for hydroxylation is 1. The van der Waals surface area contributed by atoms with E-state index < -0.39 is 5.41 Å². The topological polar surface area (TPSA) is 163 Å². The van der Waals surface area contributed by atoms with Gasteiger partial charge < -0.3 is 20.1 Å². The average molecular weight is 1230 g/mol. The van der Waals surface area contributed by atoms with Crippen LogP contribution in [0.25, 0.3) is 38.7 Å². The van der Waals surface area contributed by atoms with Crippen molar-refractivity contribution in [3.05, 3.63) is 164 Å². The molecule has 0 atom stereocenters. The third kappa shape index (κ3) is 22.6. The van der Waals surface area contributed by atoms with Crippen molar-refractivity contribution in [3.8, 4) is 28.5 Å². The van der Waals surface area contributed by atoms with Crippen LogP contribution in [0.15, 0.2) is 146 Å². The molecular formula is C63H89N10O4Y2-. The Labute approximate surface area is 523 Å². The summed E-state index contributed by atoms with van der Waals surface area (Å²) >= 11 is 0. The summed E-state index contributed by atoms with van der Waals surface area (Å²) in [7, 11) is 3.50. The number of pyridine rings is 2. The maximum atomic E-state index is 12.9. The van der Waals surface area contributed by atoms with Crippen LogP contribution < -0.4 is 20.1 Å². The van der Waals surface area contributed by atoms with E-state index in [9.17, 15) is 9.59 Å². The molecule has 1 aliphatic rings. The number of aromatic nitrogens is 8. The van der Waals surface area contributed by atoms with Gasteiger partial charge in [0.2, 0.25) is 11.8 Å². The molecule has 1 fully saturated rings. The molecule has 4 aromatic carbocycles. The molecule has 2 amide bonds. The van der Waals surface area contributed by atoms with Crippen LogP contribution in [0.2, 0.25) is 0 Å². The molecule has 16 heteroatoms. The third-order valence-electron chi connectivity index (χ3n) is 10.1. The number of methoxy groups -OCH3 is 1. The van der Waals surface area contributed by atoms with Gasteiger partial charge in [-0.2, -0.15) is 27.9 Å². The SMILES string of the molecule is C.CC.CC.CC.CC.CC.CC.CC.CC.COc1ccc2c(Oc3ccc(NC(=O)C4(C(=O)Nc5ccccc5)CC4)cc3)ccnc2c1.Cn1cc(-c2ccc3nnc([CH-]c4ccc5ncccc5c4)n3n2)cn1.[Y].[Y]. The van der Waals surface area contributed by atoms with E-state index >= 15 is 0 Å². The van der Waals surface area contributed by atoms with Crippen molar-refractivity contribution < 1.29 is 84.5 Å². The van der Waals surface area contributed by atoms with Crippen LogP contribution in [-0.4, -0.2) is 58.5 Å². The van der Waals surface area contributed by atoms with E-state index in [1.165, 1.54) is 0 Å². The second-order valence-electron chi connectivity index (χ2n) is 14.2. The summed E-state index contributed by atoms with van der Waals surface area (Å²) in [4.78, 5) is 34.3. The van der Waals surface area contributed by atoms with Crippen molar-refractivity contribution in [2.45, 2.75) is 131 Å². The summed E-state index contributed by atoms with van der Waals surface area (Å²) in [5, 5.41) is 25.0. The molecule has 422 valence electrons. The zero-order valence-corrected chi connectivity index (χ0v) is 55.4. The minimum atomic E-state index is -1.03. The van der Waals surface area contributed by atoms with E-state index in [1.807, 2.05) is 203 Å². The zero-order valence-electron chi connectivity index (χ0n) is 49.7. The van der Waals surface area contributed by atoms with Gasteiger partial charge in [-0.05, 0) is 85.6 Å². The largest absolute Gasteiger partial charge is 0.497 e. The summed E-state index contributed by atoms with van der Waals surface area (Å²) in [5.41, 5.74) is 5.48. The van der Waals surface area contributed by atoms with Crippen LogP contribution in [-0.2, 0) is 82.1 Å². The van der Waals surface area contributed by atoms with E-state index in [0.29, 0.717) is 47.2 Å². The maximum Gasteiger partial charge on any atom is 0.240 e. The molecule has 0 saturated heterocycles. The molecule has 0 bridgehead atoms. The summed E-state index contributed by atoms with van der Waals surface area (Å²) in [6, 6.07) is 37.5. The Morgan fingerprint density at radius 3 is 1.76 bits per heavy atom. The van der Waals surface area contributed by atoms with Crippen molar-refractivity contribution in [1.29, 1.82) is 0 Å². The van der Waals surface area contributed by atoms with E-state index in [0.717, 1.165) is 44.4 Å². The fourth-order valence-corrected chi connectivity index (χ4v) is 6.69. The summed E-state index contributed by atoms with van der Waals surface area (Å²) < 4.78 is 14.8. The Kier molecular flexibility index (Phi) is 43.0. The van der Waals surface area contributed by atoms with E-state index in [4.69, 9.17) is 9.47 Å². The maximum absolute atomic E-state index is 12.9. The molecule has 0 aliphatic heterocycles. The predicted octanol–water partition coefficient (Wildman–Crippen LogP) is 16.9. The van der Waals surface area contributed by atoms with E-state index in [-0.39, 0.29) is 84.7 Å². The molecule has 0 spiro atoms. The molecule has 2 N–H and O–H groups in total. The first-order valence-corrected chi connectivity index (χ1v) is 27.1. The van der Waals surface area contributed by atoms with Crippen LogP contribution in [0.5, 0.6) is 17.2 Å². The van der Waals surface area contributed by atoms with Crippen molar-refractivity contribution in [2.24, 2.45) is 12.5 Å². The Balaban J connectivity index is -0.00000115. The summed E-state index contributed by atoms with van der Waals surface area (Å²) in [6.07, 6.45) is 10.2. The molecule has 1 aliphatic carbocycles. The molecule has 14 nitrogen and oxygen atoms in total. The number of anilines is 2. The van der Waals surface area contributed by atoms with Crippen LogP contribution in [0.3, 0.4) is 0 Å². The number of rotatable bonds is 10. The minimum Gasteiger partial charge on any atom is -0.497 e. The third-order valence-corrected chi connectivity index (χ3v) is 10.1.